The van der Waals surface area contributed by atoms with Crippen LogP contribution in [-0.4, -0.2) is 18.5 Å². The van der Waals surface area contributed by atoms with E-state index in [0.29, 0.717) is 10.0 Å². The smallest absolute Gasteiger partial charge is 0.306 e. The molecule has 0 bridgehead atoms. The largest absolute Gasteiger partial charge is 0.456 e. The van der Waals surface area contributed by atoms with E-state index in [9.17, 15) is 9.59 Å². The average molecular weight is 290 g/mol. The van der Waals surface area contributed by atoms with Crippen LogP contribution in [0, 0.1) is 0 Å². The topological polar surface area (TPSA) is 55.4 Å². The van der Waals surface area contributed by atoms with Crippen LogP contribution in [0.25, 0.3) is 0 Å². The summed E-state index contributed by atoms with van der Waals surface area (Å²) in [7, 11) is 0. The first kappa shape index (κ1) is 14.8. The first-order valence-corrected chi connectivity index (χ1v) is 6.14. The first-order valence-electron chi connectivity index (χ1n) is 5.39. The van der Waals surface area contributed by atoms with E-state index in [1.165, 1.54) is 0 Å². The van der Waals surface area contributed by atoms with Crippen LogP contribution in [0.15, 0.2) is 18.2 Å². The molecule has 0 aromatic heterocycles. The molecule has 0 saturated heterocycles. The summed E-state index contributed by atoms with van der Waals surface area (Å²) in [6.07, 6.45) is 0.246. The van der Waals surface area contributed by atoms with Gasteiger partial charge in [-0.1, -0.05) is 36.2 Å². The Morgan fingerprint density at radius 1 is 1.33 bits per heavy atom. The Morgan fingerprint density at radius 2 is 2.06 bits per heavy atom. The molecule has 1 amide bonds. The molecular formula is C12H13Cl2NO3. The highest BCUT2D eigenvalue weighted by molar-refractivity contribution is 6.35. The molecule has 0 fully saturated rings. The highest BCUT2D eigenvalue weighted by Crippen LogP contribution is 2.20. The number of ether oxygens (including phenoxy) is 1. The minimum Gasteiger partial charge on any atom is -0.456 e. The standard InChI is InChI=1S/C12H13Cl2NO3/c1-2-12(17)18-7-11(16)15-6-8-3-4-9(13)5-10(8)14/h3-5H,2,6-7H2,1H3,(H,15,16). The summed E-state index contributed by atoms with van der Waals surface area (Å²) in [6.45, 7) is 1.64. The van der Waals surface area contributed by atoms with Crippen LogP contribution >= 0.6 is 23.2 Å². The molecule has 0 unspecified atom stereocenters. The lowest BCUT2D eigenvalue weighted by Crippen LogP contribution is -2.28. The summed E-state index contributed by atoms with van der Waals surface area (Å²) in [6, 6.07) is 5.01. The van der Waals surface area contributed by atoms with Crippen molar-refractivity contribution in [2.75, 3.05) is 6.61 Å². The fourth-order valence-electron chi connectivity index (χ4n) is 1.16. The number of rotatable bonds is 5. The van der Waals surface area contributed by atoms with E-state index in [-0.39, 0.29) is 25.5 Å². The molecule has 1 aromatic carbocycles. The predicted molar refractivity (Wildman–Crippen MR) is 69.6 cm³/mol. The molecule has 1 rings (SSSR count). The van der Waals surface area contributed by atoms with Crippen molar-refractivity contribution in [2.45, 2.75) is 19.9 Å². The lowest BCUT2D eigenvalue weighted by Gasteiger charge is -2.07. The monoisotopic (exact) mass is 289 g/mol. The number of benzene rings is 1. The maximum atomic E-state index is 11.4. The molecule has 0 radical (unpaired) electrons. The Hall–Kier alpha value is -1.26. The van der Waals surface area contributed by atoms with Crippen molar-refractivity contribution in [3.63, 3.8) is 0 Å². The lowest BCUT2D eigenvalue weighted by atomic mass is 10.2. The third kappa shape index (κ3) is 4.94. The van der Waals surface area contributed by atoms with Crippen LogP contribution in [0.4, 0.5) is 0 Å². The summed E-state index contributed by atoms with van der Waals surface area (Å²) in [5.74, 6) is -0.780. The van der Waals surface area contributed by atoms with Gasteiger partial charge in [-0.2, -0.15) is 0 Å². The number of carbonyl (C=O) groups is 2. The van der Waals surface area contributed by atoms with Gasteiger partial charge in [0.2, 0.25) is 0 Å². The van der Waals surface area contributed by atoms with Crippen LogP contribution in [0.2, 0.25) is 10.0 Å². The summed E-state index contributed by atoms with van der Waals surface area (Å²) in [5.41, 5.74) is 0.747. The minimum atomic E-state index is -0.408. The zero-order valence-electron chi connectivity index (χ0n) is 9.83. The number of esters is 1. The van der Waals surface area contributed by atoms with Gasteiger partial charge in [0.25, 0.3) is 5.91 Å². The van der Waals surface area contributed by atoms with Crippen molar-refractivity contribution in [1.82, 2.24) is 5.32 Å². The zero-order chi connectivity index (χ0) is 13.5. The molecule has 0 atom stereocenters. The highest BCUT2D eigenvalue weighted by atomic mass is 35.5. The third-order valence-electron chi connectivity index (χ3n) is 2.14. The van der Waals surface area contributed by atoms with E-state index in [1.54, 1.807) is 25.1 Å². The van der Waals surface area contributed by atoms with Gasteiger partial charge in [-0.05, 0) is 17.7 Å². The van der Waals surface area contributed by atoms with Crippen molar-refractivity contribution < 1.29 is 14.3 Å². The molecule has 0 saturated carbocycles. The van der Waals surface area contributed by atoms with Crippen LogP contribution in [-0.2, 0) is 20.9 Å². The number of carbonyl (C=O) groups excluding carboxylic acids is 2. The highest BCUT2D eigenvalue weighted by Gasteiger charge is 2.07. The predicted octanol–water partition coefficient (Wildman–Crippen LogP) is 2.56. The lowest BCUT2D eigenvalue weighted by molar-refractivity contribution is -0.148. The fraction of sp³-hybridized carbons (Fsp3) is 0.333. The number of nitrogens with one attached hydrogen (secondary N) is 1. The van der Waals surface area contributed by atoms with Gasteiger partial charge in [0.05, 0.1) is 0 Å². The van der Waals surface area contributed by atoms with Crippen molar-refractivity contribution in [2.24, 2.45) is 0 Å². The fourth-order valence-corrected chi connectivity index (χ4v) is 1.63. The Kier molecular flexibility index (Phi) is 5.95. The summed E-state index contributed by atoms with van der Waals surface area (Å²) < 4.78 is 4.69. The van der Waals surface area contributed by atoms with Crippen molar-refractivity contribution in [1.29, 1.82) is 0 Å². The van der Waals surface area contributed by atoms with Crippen molar-refractivity contribution >= 4 is 35.1 Å². The van der Waals surface area contributed by atoms with Crippen LogP contribution in [0.1, 0.15) is 18.9 Å². The van der Waals surface area contributed by atoms with Gasteiger partial charge in [-0.3, -0.25) is 9.59 Å². The second kappa shape index (κ2) is 7.24. The molecule has 1 aromatic rings. The first-order chi connectivity index (χ1) is 8.52. The molecular weight excluding hydrogens is 277 g/mol. The van der Waals surface area contributed by atoms with Gasteiger partial charge in [0.1, 0.15) is 0 Å². The molecule has 1 N–H and O–H groups in total. The third-order valence-corrected chi connectivity index (χ3v) is 2.73. The van der Waals surface area contributed by atoms with E-state index >= 15 is 0 Å². The van der Waals surface area contributed by atoms with Gasteiger partial charge in [0, 0.05) is 23.0 Å². The van der Waals surface area contributed by atoms with Crippen LogP contribution in [0.5, 0.6) is 0 Å². The van der Waals surface area contributed by atoms with Gasteiger partial charge in [-0.15, -0.1) is 0 Å². The average Bonchev–Trinajstić information content (AvgIpc) is 2.34. The van der Waals surface area contributed by atoms with Crippen molar-refractivity contribution in [3.05, 3.63) is 33.8 Å². The van der Waals surface area contributed by atoms with Crippen LogP contribution in [0.3, 0.4) is 0 Å². The Labute approximate surface area is 115 Å². The number of hydrogen-bond acceptors (Lipinski definition) is 3. The second-order valence-corrected chi connectivity index (χ2v) is 4.37. The maximum absolute atomic E-state index is 11.4. The zero-order valence-corrected chi connectivity index (χ0v) is 11.3. The maximum Gasteiger partial charge on any atom is 0.306 e. The molecule has 0 aliphatic carbocycles. The molecule has 0 heterocycles. The Bertz CT molecular complexity index is 449. The number of amides is 1. The van der Waals surface area contributed by atoms with Gasteiger partial charge in [-0.25, -0.2) is 0 Å². The Balaban J connectivity index is 2.40. The number of halogens is 2. The molecule has 0 spiro atoms. The molecule has 0 aliphatic heterocycles. The van der Waals surface area contributed by atoms with E-state index in [2.05, 4.69) is 10.1 Å². The van der Waals surface area contributed by atoms with E-state index < -0.39 is 5.97 Å². The van der Waals surface area contributed by atoms with Crippen LogP contribution < -0.4 is 5.32 Å². The minimum absolute atomic E-state index is 0.246. The summed E-state index contributed by atoms with van der Waals surface area (Å²) in [4.78, 5) is 22.2. The molecule has 6 heteroatoms. The Morgan fingerprint density at radius 3 is 2.67 bits per heavy atom. The van der Waals surface area contributed by atoms with Gasteiger partial charge in [0.15, 0.2) is 6.61 Å². The van der Waals surface area contributed by atoms with Gasteiger partial charge < -0.3 is 10.1 Å². The van der Waals surface area contributed by atoms with E-state index in [4.69, 9.17) is 23.2 Å². The molecule has 98 valence electrons. The van der Waals surface area contributed by atoms with E-state index in [0.717, 1.165) is 5.56 Å². The second-order valence-electron chi connectivity index (χ2n) is 3.53. The summed E-state index contributed by atoms with van der Waals surface area (Å²) >= 11 is 11.7. The molecule has 18 heavy (non-hydrogen) atoms. The quantitative estimate of drug-likeness (QED) is 0.848. The number of hydrogen-bond donors (Lipinski definition) is 1. The SMILES string of the molecule is CCC(=O)OCC(=O)NCc1ccc(Cl)cc1Cl. The van der Waals surface area contributed by atoms with Gasteiger partial charge >= 0.3 is 5.97 Å². The molecule has 0 aliphatic rings. The normalized spacial score (nSPS) is 9.94. The van der Waals surface area contributed by atoms with Crippen molar-refractivity contribution in [3.8, 4) is 0 Å². The molecule has 4 nitrogen and oxygen atoms in total. The van der Waals surface area contributed by atoms with E-state index in [1.807, 2.05) is 0 Å². The summed E-state index contributed by atoms with van der Waals surface area (Å²) in [5, 5.41) is 3.61.